The summed E-state index contributed by atoms with van der Waals surface area (Å²) in [4.78, 5) is 0.533. The van der Waals surface area contributed by atoms with Crippen molar-refractivity contribution in [1.82, 2.24) is 0 Å². The summed E-state index contributed by atoms with van der Waals surface area (Å²) in [6.45, 7) is 0. The highest BCUT2D eigenvalue weighted by Crippen LogP contribution is 2.45. The highest BCUT2D eigenvalue weighted by Gasteiger charge is 2.29. The summed E-state index contributed by atoms with van der Waals surface area (Å²) in [6.07, 6.45) is 1.74. The first-order valence-corrected chi connectivity index (χ1v) is 9.58. The first kappa shape index (κ1) is 17.9. The van der Waals surface area contributed by atoms with Gasteiger partial charge in [0.05, 0.1) is 29.4 Å². The molecule has 0 saturated heterocycles. The van der Waals surface area contributed by atoms with Crippen LogP contribution in [-0.2, 0) is 3.74 Å². The molecule has 132 valence electrons. The van der Waals surface area contributed by atoms with Crippen LogP contribution < -0.4 is 23.5 Å². The molecule has 2 aromatic rings. The lowest BCUT2D eigenvalue weighted by molar-refractivity contribution is -1.91. The standard InChI is InChI=1S/C17H15ClO6S/c1-22-15-10-14-13(12-6-4-3-5-7-12)8-9-25(24-18(19,20)21)17(14)11-16(15)23-2/h3-11H,1-2H3. The van der Waals surface area contributed by atoms with E-state index in [0.717, 1.165) is 11.1 Å². The predicted molar refractivity (Wildman–Crippen MR) is 86.1 cm³/mol. The van der Waals surface area contributed by atoms with E-state index in [4.69, 9.17) is 9.47 Å². The zero-order chi connectivity index (χ0) is 18.0. The van der Waals surface area contributed by atoms with Crippen LogP contribution in [0.3, 0.4) is 0 Å². The zero-order valence-corrected chi connectivity index (χ0v) is 15.0. The Kier molecular flexibility index (Phi) is 5.14. The second kappa shape index (κ2) is 7.17. The van der Waals surface area contributed by atoms with Crippen LogP contribution in [-0.4, -0.2) is 19.6 Å². The Bertz CT molecular complexity index is 842. The molecule has 25 heavy (non-hydrogen) atoms. The number of methoxy groups -OCH3 is 2. The number of allylic oxidation sites excluding steroid dienone is 1. The molecule has 1 aliphatic rings. The average molecular weight is 383 g/mol. The van der Waals surface area contributed by atoms with Crippen molar-refractivity contribution in [2.45, 2.75) is 4.90 Å². The van der Waals surface area contributed by atoms with Crippen molar-refractivity contribution >= 4 is 21.7 Å². The van der Waals surface area contributed by atoms with Gasteiger partial charge in [-0.1, -0.05) is 30.3 Å². The van der Waals surface area contributed by atoms with Crippen molar-refractivity contribution in [3.63, 3.8) is 0 Å². The Hall–Kier alpha value is -1.87. The summed E-state index contributed by atoms with van der Waals surface area (Å²) < 4.78 is 48.4. The Morgan fingerprint density at radius 3 is 2.16 bits per heavy atom. The number of fused-ring (bicyclic) bond motifs is 1. The molecular formula is C17H15ClO6S. The molecule has 0 radical (unpaired) electrons. The Balaban J connectivity index is 2.20. The number of halogens is 1. The van der Waals surface area contributed by atoms with E-state index in [1.54, 1.807) is 23.6 Å². The van der Waals surface area contributed by atoms with E-state index in [1.807, 2.05) is 30.3 Å². The predicted octanol–water partition coefficient (Wildman–Crippen LogP) is 0.408. The second-order valence-corrected chi connectivity index (χ2v) is 7.59. The largest absolute Gasteiger partial charge is 0.493 e. The van der Waals surface area contributed by atoms with Crippen LogP contribution >= 0.6 is 10.8 Å². The highest BCUT2D eigenvalue weighted by molar-refractivity contribution is 8.11. The number of hydrogen-bond acceptors (Lipinski definition) is 6. The van der Waals surface area contributed by atoms with Gasteiger partial charge in [0, 0.05) is 17.0 Å². The van der Waals surface area contributed by atoms with Gasteiger partial charge in [0.1, 0.15) is 14.5 Å². The fourth-order valence-electron chi connectivity index (χ4n) is 2.54. The molecule has 8 heteroatoms. The minimum absolute atomic E-state index is 0.421. The molecule has 2 aromatic carbocycles. The number of benzene rings is 2. The van der Waals surface area contributed by atoms with E-state index in [-0.39, 0.29) is 0 Å². The van der Waals surface area contributed by atoms with Gasteiger partial charge in [0.15, 0.2) is 11.5 Å². The van der Waals surface area contributed by atoms with Crippen LogP contribution in [0.1, 0.15) is 11.1 Å². The summed E-state index contributed by atoms with van der Waals surface area (Å²) in [5, 5.41) is 1.55. The van der Waals surface area contributed by atoms with Crippen LogP contribution in [0.15, 0.2) is 53.4 Å². The van der Waals surface area contributed by atoms with E-state index < -0.39 is 21.0 Å². The van der Waals surface area contributed by atoms with E-state index >= 15 is 0 Å². The molecule has 0 aliphatic carbocycles. The fourth-order valence-corrected chi connectivity index (χ4v) is 4.66. The maximum Gasteiger partial charge on any atom is 0.161 e. The van der Waals surface area contributed by atoms with Gasteiger partial charge < -0.3 is 9.47 Å². The van der Waals surface area contributed by atoms with E-state index in [2.05, 4.69) is 3.74 Å². The van der Waals surface area contributed by atoms with Crippen molar-refractivity contribution in [3.05, 3.63) is 59.7 Å². The Labute approximate surface area is 149 Å². The average Bonchev–Trinajstić information content (AvgIpc) is 2.60. The lowest BCUT2D eigenvalue weighted by atomic mass is 9.97. The topological polar surface area (TPSA) is 96.9 Å². The second-order valence-electron chi connectivity index (χ2n) is 5.02. The summed E-state index contributed by atoms with van der Waals surface area (Å²) in [7, 11) is -2.93. The van der Waals surface area contributed by atoms with Crippen molar-refractivity contribution < 1.29 is 37.4 Å². The molecule has 0 fully saturated rings. The van der Waals surface area contributed by atoms with Crippen molar-refractivity contribution in [3.8, 4) is 11.5 Å². The summed E-state index contributed by atoms with van der Waals surface area (Å²) >= 11 is 0. The van der Waals surface area contributed by atoms with E-state index in [0.29, 0.717) is 22.0 Å². The summed E-state index contributed by atoms with van der Waals surface area (Å²) in [5.74, 6) is 0.918. The molecule has 0 bridgehead atoms. The van der Waals surface area contributed by atoms with E-state index in [9.17, 15) is 14.0 Å². The Morgan fingerprint density at radius 1 is 0.920 bits per heavy atom. The Morgan fingerprint density at radius 2 is 1.56 bits per heavy atom. The number of hydrogen-bond donors (Lipinski definition) is 0. The van der Waals surface area contributed by atoms with E-state index in [1.165, 1.54) is 14.2 Å². The third-order valence-corrected chi connectivity index (χ3v) is 5.90. The minimum Gasteiger partial charge on any atom is -0.493 e. The van der Waals surface area contributed by atoms with Gasteiger partial charge >= 0.3 is 0 Å². The van der Waals surface area contributed by atoms with Crippen LogP contribution in [0.4, 0.5) is 0 Å². The lowest BCUT2D eigenvalue weighted by Gasteiger charge is -2.21. The molecule has 1 unspecified atom stereocenters. The molecular weight excluding hydrogens is 368 g/mol. The molecule has 1 heterocycles. The molecule has 0 spiro atoms. The van der Waals surface area contributed by atoms with Crippen molar-refractivity contribution in [2.24, 2.45) is 0 Å². The normalized spacial score (nSPS) is 16.5. The van der Waals surface area contributed by atoms with Crippen LogP contribution in [0.5, 0.6) is 11.5 Å². The van der Waals surface area contributed by atoms with Gasteiger partial charge in [-0.15, -0.1) is 0 Å². The third kappa shape index (κ3) is 3.87. The molecule has 1 atom stereocenters. The molecule has 0 amide bonds. The first-order valence-electron chi connectivity index (χ1n) is 7.14. The number of rotatable bonds is 5. The summed E-state index contributed by atoms with van der Waals surface area (Å²) in [5.41, 5.74) is 2.52. The van der Waals surface area contributed by atoms with Gasteiger partial charge in [-0.25, -0.2) is 0 Å². The maximum absolute atomic E-state index is 11.0. The van der Waals surface area contributed by atoms with Gasteiger partial charge in [-0.2, -0.15) is 14.0 Å². The maximum atomic E-state index is 11.0. The lowest BCUT2D eigenvalue weighted by Crippen LogP contribution is -2.60. The fraction of sp³-hybridized carbons (Fsp3) is 0.118. The molecule has 6 nitrogen and oxygen atoms in total. The molecule has 0 N–H and O–H groups in total. The van der Waals surface area contributed by atoms with Gasteiger partial charge in [0.2, 0.25) is 0 Å². The molecule has 0 saturated carbocycles. The van der Waals surface area contributed by atoms with Gasteiger partial charge in [0.25, 0.3) is 0 Å². The van der Waals surface area contributed by atoms with Crippen LogP contribution in [0.2, 0.25) is 0 Å². The van der Waals surface area contributed by atoms with Crippen molar-refractivity contribution in [2.75, 3.05) is 14.2 Å². The summed E-state index contributed by atoms with van der Waals surface area (Å²) in [6, 6.07) is 13.0. The minimum atomic E-state index is -4.56. The highest BCUT2D eigenvalue weighted by atomic mass is 35.7. The molecule has 0 aromatic heterocycles. The molecule has 1 aliphatic heterocycles. The quantitative estimate of drug-likeness (QED) is 0.695. The third-order valence-electron chi connectivity index (χ3n) is 3.58. The number of ether oxygens (including phenoxy) is 2. The van der Waals surface area contributed by atoms with Gasteiger partial charge in [-0.3, -0.25) is 0 Å². The van der Waals surface area contributed by atoms with Crippen LogP contribution in [0, 0.1) is 10.2 Å². The van der Waals surface area contributed by atoms with Gasteiger partial charge in [-0.05, 0) is 23.3 Å². The van der Waals surface area contributed by atoms with Crippen LogP contribution in [0.25, 0.3) is 5.57 Å². The monoisotopic (exact) mass is 382 g/mol. The van der Waals surface area contributed by atoms with Crippen molar-refractivity contribution in [1.29, 1.82) is 0 Å². The SMILES string of the molecule is COc1cc2c(cc1OC)S(O[Cl+3]([O-])([O-])[O-])=CC=C2c1ccccc1. The first-order chi connectivity index (χ1) is 11.9. The molecule has 3 rings (SSSR count). The zero-order valence-electron chi connectivity index (χ0n) is 13.4. The smallest absolute Gasteiger partial charge is 0.161 e.